The van der Waals surface area contributed by atoms with Crippen LogP contribution in [-0.4, -0.2) is 12.5 Å². The van der Waals surface area contributed by atoms with Crippen LogP contribution in [0.3, 0.4) is 0 Å². The molecule has 0 aliphatic carbocycles. The number of para-hydroxylation sites is 3. The third kappa shape index (κ3) is 4.13. The van der Waals surface area contributed by atoms with Crippen LogP contribution in [0.5, 0.6) is 11.5 Å². The van der Waals surface area contributed by atoms with Crippen LogP contribution in [0.1, 0.15) is 17.3 Å². The van der Waals surface area contributed by atoms with Gasteiger partial charge in [0.1, 0.15) is 5.75 Å². The summed E-state index contributed by atoms with van der Waals surface area (Å²) in [6.45, 7) is 2.45. The van der Waals surface area contributed by atoms with E-state index in [1.165, 1.54) is 0 Å². The fraction of sp³-hybridized carbons (Fsp3) is 0.0952. The number of hydrogen-bond acceptors (Lipinski definition) is 4. The molecule has 26 heavy (non-hydrogen) atoms. The molecule has 0 fully saturated rings. The zero-order chi connectivity index (χ0) is 18.4. The second kappa shape index (κ2) is 8.07. The van der Waals surface area contributed by atoms with Gasteiger partial charge in [0.05, 0.1) is 17.1 Å². The van der Waals surface area contributed by atoms with E-state index in [1.54, 1.807) is 18.2 Å². The number of anilines is 3. The third-order valence-corrected chi connectivity index (χ3v) is 3.78. The van der Waals surface area contributed by atoms with E-state index in [4.69, 9.17) is 10.5 Å². The van der Waals surface area contributed by atoms with Crippen molar-refractivity contribution in [1.82, 2.24) is 5.32 Å². The molecule has 3 rings (SSSR count). The maximum Gasteiger partial charge on any atom is 0.251 e. The van der Waals surface area contributed by atoms with E-state index in [0.717, 1.165) is 11.4 Å². The first-order valence-electron chi connectivity index (χ1n) is 8.44. The molecule has 0 aliphatic rings. The lowest BCUT2D eigenvalue weighted by Crippen LogP contribution is -2.22. The molecule has 5 heteroatoms. The molecule has 0 atom stereocenters. The molecule has 132 valence electrons. The molecule has 0 aromatic heterocycles. The fourth-order valence-electron chi connectivity index (χ4n) is 2.50. The van der Waals surface area contributed by atoms with Gasteiger partial charge in [-0.25, -0.2) is 0 Å². The minimum Gasteiger partial charge on any atom is -0.455 e. The van der Waals surface area contributed by atoms with Gasteiger partial charge in [-0.1, -0.05) is 30.3 Å². The van der Waals surface area contributed by atoms with Gasteiger partial charge >= 0.3 is 0 Å². The normalized spacial score (nSPS) is 10.2. The third-order valence-electron chi connectivity index (χ3n) is 3.78. The van der Waals surface area contributed by atoms with Crippen molar-refractivity contribution in [3.63, 3.8) is 0 Å². The molecule has 0 radical (unpaired) electrons. The maximum atomic E-state index is 11.9. The van der Waals surface area contributed by atoms with Gasteiger partial charge in [-0.05, 0) is 49.4 Å². The maximum absolute atomic E-state index is 11.9. The van der Waals surface area contributed by atoms with E-state index in [0.29, 0.717) is 29.2 Å². The number of amides is 1. The van der Waals surface area contributed by atoms with Crippen LogP contribution in [-0.2, 0) is 0 Å². The summed E-state index contributed by atoms with van der Waals surface area (Å²) < 4.78 is 5.95. The second-order valence-electron chi connectivity index (χ2n) is 5.70. The lowest BCUT2D eigenvalue weighted by Gasteiger charge is -2.15. The first-order chi connectivity index (χ1) is 12.7. The highest BCUT2D eigenvalue weighted by atomic mass is 16.5. The Balaban J connectivity index is 1.82. The summed E-state index contributed by atoms with van der Waals surface area (Å²) >= 11 is 0. The first-order valence-corrected chi connectivity index (χ1v) is 8.44. The minimum absolute atomic E-state index is 0.140. The Bertz CT molecular complexity index is 895. The van der Waals surface area contributed by atoms with Gasteiger partial charge in [-0.2, -0.15) is 0 Å². The lowest BCUT2D eigenvalue weighted by atomic mass is 10.1. The van der Waals surface area contributed by atoms with Crippen LogP contribution >= 0.6 is 0 Å². The highest BCUT2D eigenvalue weighted by molar-refractivity contribution is 5.96. The van der Waals surface area contributed by atoms with Crippen molar-refractivity contribution in [3.8, 4) is 11.5 Å². The van der Waals surface area contributed by atoms with Crippen LogP contribution in [0.2, 0.25) is 0 Å². The van der Waals surface area contributed by atoms with Crippen molar-refractivity contribution in [2.24, 2.45) is 0 Å². The van der Waals surface area contributed by atoms with Gasteiger partial charge in [0, 0.05) is 12.1 Å². The van der Waals surface area contributed by atoms with Gasteiger partial charge in [0.15, 0.2) is 5.75 Å². The van der Waals surface area contributed by atoms with E-state index in [9.17, 15) is 4.79 Å². The summed E-state index contributed by atoms with van der Waals surface area (Å²) in [5.74, 6) is 1.30. The number of nitrogens with two attached hydrogens (primary N) is 1. The summed E-state index contributed by atoms with van der Waals surface area (Å²) in [5, 5.41) is 6.04. The average molecular weight is 347 g/mol. The highest BCUT2D eigenvalue weighted by Crippen LogP contribution is 2.33. The molecule has 0 aliphatic heterocycles. The van der Waals surface area contributed by atoms with Crippen LogP contribution in [0, 0.1) is 0 Å². The zero-order valence-corrected chi connectivity index (χ0v) is 14.5. The number of nitrogen functional groups attached to an aromatic ring is 1. The van der Waals surface area contributed by atoms with Gasteiger partial charge in [0.25, 0.3) is 5.91 Å². The van der Waals surface area contributed by atoms with Gasteiger partial charge in [-0.3, -0.25) is 4.79 Å². The summed E-state index contributed by atoms with van der Waals surface area (Å²) in [7, 11) is 0. The van der Waals surface area contributed by atoms with Crippen molar-refractivity contribution < 1.29 is 9.53 Å². The molecule has 0 saturated heterocycles. The monoisotopic (exact) mass is 347 g/mol. The van der Waals surface area contributed by atoms with Crippen LogP contribution in [0.4, 0.5) is 17.1 Å². The predicted molar refractivity (Wildman–Crippen MR) is 105 cm³/mol. The molecule has 5 nitrogen and oxygen atoms in total. The lowest BCUT2D eigenvalue weighted by molar-refractivity contribution is 0.0956. The van der Waals surface area contributed by atoms with Crippen molar-refractivity contribution in [3.05, 3.63) is 78.4 Å². The molecule has 0 unspecified atom stereocenters. The smallest absolute Gasteiger partial charge is 0.251 e. The quantitative estimate of drug-likeness (QED) is 0.572. The number of ether oxygens (including phenoxy) is 1. The molecule has 3 aromatic rings. The number of rotatable bonds is 6. The van der Waals surface area contributed by atoms with E-state index in [1.807, 2.05) is 61.5 Å². The van der Waals surface area contributed by atoms with Crippen molar-refractivity contribution in [2.75, 3.05) is 17.6 Å². The number of carbonyl (C=O) groups is 1. The van der Waals surface area contributed by atoms with Crippen LogP contribution in [0.25, 0.3) is 0 Å². The topological polar surface area (TPSA) is 76.4 Å². The van der Waals surface area contributed by atoms with Gasteiger partial charge in [0.2, 0.25) is 0 Å². The van der Waals surface area contributed by atoms with E-state index >= 15 is 0 Å². The summed E-state index contributed by atoms with van der Waals surface area (Å²) in [6, 6.07) is 22.4. The largest absolute Gasteiger partial charge is 0.455 e. The number of nitrogens with one attached hydrogen (secondary N) is 2. The molecule has 4 N–H and O–H groups in total. The SMILES string of the molecule is CCNC(=O)c1ccc(Nc2ccccc2Oc2ccccc2)c(N)c1. The number of benzene rings is 3. The molecular formula is C21H21N3O2. The Morgan fingerprint density at radius 1 is 0.962 bits per heavy atom. The van der Waals surface area contributed by atoms with Crippen LogP contribution < -0.4 is 21.1 Å². The Kier molecular flexibility index (Phi) is 5.39. The molecule has 0 spiro atoms. The van der Waals surface area contributed by atoms with Crippen LogP contribution in [0.15, 0.2) is 72.8 Å². The minimum atomic E-state index is -0.140. The molecule has 3 aromatic carbocycles. The summed E-state index contributed by atoms with van der Waals surface area (Å²) in [6.07, 6.45) is 0. The Hall–Kier alpha value is -3.47. The average Bonchev–Trinajstić information content (AvgIpc) is 2.66. The summed E-state index contributed by atoms with van der Waals surface area (Å²) in [5.41, 5.74) is 8.64. The Morgan fingerprint density at radius 2 is 1.69 bits per heavy atom. The van der Waals surface area contributed by atoms with Crippen molar-refractivity contribution in [1.29, 1.82) is 0 Å². The Morgan fingerprint density at radius 3 is 2.42 bits per heavy atom. The standard InChI is InChI=1S/C21H21N3O2/c1-2-23-21(25)15-12-13-18(17(22)14-15)24-19-10-6-7-11-20(19)26-16-8-4-3-5-9-16/h3-14,24H,2,22H2,1H3,(H,23,25). The second-order valence-corrected chi connectivity index (χ2v) is 5.70. The molecular weight excluding hydrogens is 326 g/mol. The van der Waals surface area contributed by atoms with Crippen molar-refractivity contribution >= 4 is 23.0 Å². The molecule has 0 bridgehead atoms. The molecule has 0 heterocycles. The van der Waals surface area contributed by atoms with E-state index in [2.05, 4.69) is 10.6 Å². The fourth-order valence-corrected chi connectivity index (χ4v) is 2.50. The molecule has 0 saturated carbocycles. The number of carbonyl (C=O) groups excluding carboxylic acids is 1. The van der Waals surface area contributed by atoms with Crippen molar-refractivity contribution in [2.45, 2.75) is 6.92 Å². The predicted octanol–water partition coefficient (Wildman–Crippen LogP) is 4.55. The van der Waals surface area contributed by atoms with E-state index in [-0.39, 0.29) is 5.91 Å². The van der Waals surface area contributed by atoms with Gasteiger partial charge < -0.3 is 21.1 Å². The zero-order valence-electron chi connectivity index (χ0n) is 14.5. The van der Waals surface area contributed by atoms with Gasteiger partial charge in [-0.15, -0.1) is 0 Å². The first kappa shape index (κ1) is 17.4. The highest BCUT2D eigenvalue weighted by Gasteiger charge is 2.10. The Labute approximate surface area is 152 Å². The summed E-state index contributed by atoms with van der Waals surface area (Å²) in [4.78, 5) is 11.9. The molecule has 1 amide bonds. The number of hydrogen-bond donors (Lipinski definition) is 3. The van der Waals surface area contributed by atoms with E-state index < -0.39 is 0 Å².